The molecule has 0 atom stereocenters. The third kappa shape index (κ3) is 2.45. The summed E-state index contributed by atoms with van der Waals surface area (Å²) in [6, 6.07) is 52.8. The van der Waals surface area contributed by atoms with E-state index in [-0.39, 0.29) is 13.4 Å². The van der Waals surface area contributed by atoms with E-state index in [2.05, 4.69) is 154 Å². The van der Waals surface area contributed by atoms with Crippen molar-refractivity contribution < 1.29 is 0 Å². The third-order valence-corrected chi connectivity index (χ3v) is 11.7. The van der Waals surface area contributed by atoms with Crippen LogP contribution in [0.25, 0.3) is 55.0 Å². The molecule has 0 spiro atoms. The Hall–Kier alpha value is -5.93. The maximum Gasteiger partial charge on any atom is 0.252 e. The minimum Gasteiger partial charge on any atom is -0.312 e. The number of benzene rings is 7. The topological polar surface area (TPSA) is 13.1 Å². The second kappa shape index (κ2) is 7.71. The summed E-state index contributed by atoms with van der Waals surface area (Å²) in [5, 5.41) is 5.30. The quantitative estimate of drug-likeness (QED) is 0.208. The molecular formula is C42H23B2N3. The summed E-state index contributed by atoms with van der Waals surface area (Å²) in [7, 11) is 0. The highest BCUT2D eigenvalue weighted by molar-refractivity contribution is 7.04. The Morgan fingerprint density at radius 3 is 1.32 bits per heavy atom. The van der Waals surface area contributed by atoms with Gasteiger partial charge in [-0.1, -0.05) is 103 Å². The highest BCUT2D eigenvalue weighted by Crippen LogP contribution is 2.45. The fraction of sp³-hybridized carbons (Fsp3) is 0. The van der Waals surface area contributed by atoms with Gasteiger partial charge < -0.3 is 14.0 Å². The lowest BCUT2D eigenvalue weighted by atomic mass is 9.29. The van der Waals surface area contributed by atoms with E-state index < -0.39 is 0 Å². The SMILES string of the molecule is c1ccc2c(c1)B1c3cccc4c3N(c3ccc5c6ccccc6n-2c5c31)c1ccc2c3ccccc3n3c2c1B4c1ccccc1-3. The monoisotopic (exact) mass is 591 g/mol. The van der Waals surface area contributed by atoms with Crippen LogP contribution in [0.15, 0.2) is 140 Å². The lowest BCUT2D eigenvalue weighted by Gasteiger charge is -2.46. The summed E-state index contributed by atoms with van der Waals surface area (Å²) in [5.41, 5.74) is 20.2. The number of anilines is 3. The zero-order valence-electron chi connectivity index (χ0n) is 25.3. The third-order valence-electron chi connectivity index (χ3n) is 11.7. The minimum absolute atomic E-state index is 0.156. The van der Waals surface area contributed by atoms with E-state index in [1.807, 2.05) is 0 Å². The van der Waals surface area contributed by atoms with Crippen LogP contribution in [0.2, 0.25) is 0 Å². The van der Waals surface area contributed by atoms with Crippen LogP contribution < -0.4 is 37.7 Å². The maximum atomic E-state index is 2.63. The lowest BCUT2D eigenvalue weighted by Crippen LogP contribution is -2.67. The smallest absolute Gasteiger partial charge is 0.252 e. The van der Waals surface area contributed by atoms with Gasteiger partial charge >= 0.3 is 0 Å². The van der Waals surface area contributed by atoms with Gasteiger partial charge in [0.05, 0.1) is 22.1 Å². The molecular weight excluding hydrogens is 568 g/mol. The van der Waals surface area contributed by atoms with Gasteiger partial charge in [-0.15, -0.1) is 0 Å². The van der Waals surface area contributed by atoms with Gasteiger partial charge in [0, 0.05) is 50.0 Å². The molecule has 0 amide bonds. The van der Waals surface area contributed by atoms with Gasteiger partial charge in [-0.3, -0.25) is 0 Å². The molecule has 13 rings (SSSR count). The summed E-state index contributed by atoms with van der Waals surface area (Å²) in [6.45, 7) is 0.312. The van der Waals surface area contributed by atoms with Gasteiger partial charge in [0.2, 0.25) is 0 Å². The number of aromatic nitrogens is 2. The first kappa shape index (κ1) is 23.4. The van der Waals surface area contributed by atoms with E-state index in [0.717, 1.165) is 0 Å². The molecule has 4 aliphatic rings. The van der Waals surface area contributed by atoms with E-state index in [9.17, 15) is 0 Å². The van der Waals surface area contributed by atoms with Crippen LogP contribution in [0.3, 0.4) is 0 Å². The molecule has 6 heterocycles. The molecule has 0 unspecified atom stereocenters. The Morgan fingerprint density at radius 2 is 0.787 bits per heavy atom. The van der Waals surface area contributed by atoms with Crippen molar-refractivity contribution in [2.75, 3.05) is 4.90 Å². The average molecular weight is 591 g/mol. The zero-order valence-corrected chi connectivity index (χ0v) is 25.3. The van der Waals surface area contributed by atoms with Gasteiger partial charge in [0.25, 0.3) is 13.4 Å². The predicted octanol–water partition coefficient (Wildman–Crippen LogP) is 5.64. The van der Waals surface area contributed by atoms with Crippen molar-refractivity contribution in [3.05, 3.63) is 140 Å². The van der Waals surface area contributed by atoms with Gasteiger partial charge in [0.1, 0.15) is 0 Å². The zero-order chi connectivity index (χ0) is 30.1. The van der Waals surface area contributed by atoms with Crippen molar-refractivity contribution in [1.29, 1.82) is 0 Å². The first-order valence-corrected chi connectivity index (χ1v) is 16.6. The van der Waals surface area contributed by atoms with Crippen LogP contribution in [0.1, 0.15) is 0 Å². The molecule has 0 radical (unpaired) electrons. The van der Waals surface area contributed by atoms with E-state index in [0.29, 0.717) is 0 Å². The van der Waals surface area contributed by atoms with Crippen LogP contribution in [-0.4, -0.2) is 22.6 Å². The molecule has 9 aromatic rings. The molecule has 2 aromatic heterocycles. The number of hydrogen-bond acceptors (Lipinski definition) is 1. The number of rotatable bonds is 0. The fourth-order valence-corrected chi connectivity index (χ4v) is 10.1. The first-order chi connectivity index (χ1) is 23.4. The molecule has 0 bridgehead atoms. The Bertz CT molecular complexity index is 2750. The van der Waals surface area contributed by atoms with E-state index in [4.69, 9.17) is 0 Å². The molecule has 0 aliphatic carbocycles. The molecule has 0 saturated heterocycles. The molecule has 5 heteroatoms. The summed E-state index contributed by atoms with van der Waals surface area (Å²) < 4.78 is 5.08. The summed E-state index contributed by atoms with van der Waals surface area (Å²) in [4.78, 5) is 2.63. The summed E-state index contributed by atoms with van der Waals surface area (Å²) in [6.07, 6.45) is 0. The fourth-order valence-electron chi connectivity index (χ4n) is 10.1. The Labute approximate surface area is 271 Å². The van der Waals surface area contributed by atoms with Crippen molar-refractivity contribution in [3.63, 3.8) is 0 Å². The van der Waals surface area contributed by atoms with Crippen LogP contribution in [0, 0.1) is 0 Å². The summed E-state index contributed by atoms with van der Waals surface area (Å²) >= 11 is 0. The standard InChI is InChI=1S/C42H23B2N3/c1-5-16-32-24(10-1)26-20-22-36-38-40(26)45(32)34-18-7-3-12-28(34)43(38)30-14-9-15-31-42(30)47(36)37-23-21-27-25-11-2-6-17-33(25)46-35-19-8-4-13-29(35)44(31)39(37)41(27)46/h1-23H. The van der Waals surface area contributed by atoms with Crippen LogP contribution in [0.4, 0.5) is 17.1 Å². The summed E-state index contributed by atoms with van der Waals surface area (Å²) in [5.74, 6) is 0. The lowest BCUT2D eigenvalue weighted by molar-refractivity contribution is 1.18. The number of fused-ring (bicyclic) bond motifs is 16. The molecule has 4 aliphatic heterocycles. The highest BCUT2D eigenvalue weighted by atomic mass is 15.2. The van der Waals surface area contributed by atoms with E-state index >= 15 is 0 Å². The predicted molar refractivity (Wildman–Crippen MR) is 199 cm³/mol. The van der Waals surface area contributed by atoms with Crippen molar-refractivity contribution in [2.45, 2.75) is 0 Å². The minimum atomic E-state index is 0.156. The molecule has 0 saturated carbocycles. The first-order valence-electron chi connectivity index (χ1n) is 16.6. The maximum absolute atomic E-state index is 2.63. The molecule has 0 fully saturated rings. The van der Waals surface area contributed by atoms with Crippen molar-refractivity contribution in [1.82, 2.24) is 9.13 Å². The highest BCUT2D eigenvalue weighted by Gasteiger charge is 2.48. The van der Waals surface area contributed by atoms with Gasteiger partial charge in [-0.2, -0.15) is 0 Å². The van der Waals surface area contributed by atoms with Crippen LogP contribution in [0.5, 0.6) is 0 Å². The normalized spacial score (nSPS) is 14.3. The van der Waals surface area contributed by atoms with E-state index in [1.165, 1.54) is 105 Å². The van der Waals surface area contributed by atoms with Crippen molar-refractivity contribution in [3.8, 4) is 11.4 Å². The van der Waals surface area contributed by atoms with Crippen molar-refractivity contribution in [2.24, 2.45) is 0 Å². The molecule has 3 nitrogen and oxygen atoms in total. The average Bonchev–Trinajstić information content (AvgIpc) is 3.66. The van der Waals surface area contributed by atoms with Gasteiger partial charge in [-0.25, -0.2) is 0 Å². The van der Waals surface area contributed by atoms with Crippen molar-refractivity contribution >= 4 is 107 Å². The molecule has 0 N–H and O–H groups in total. The Kier molecular flexibility index (Phi) is 3.84. The second-order valence-electron chi connectivity index (χ2n) is 13.6. The van der Waals surface area contributed by atoms with Gasteiger partial charge in [-0.05, 0) is 69.2 Å². The largest absolute Gasteiger partial charge is 0.312 e. The van der Waals surface area contributed by atoms with Gasteiger partial charge in [0.15, 0.2) is 0 Å². The molecule has 212 valence electrons. The van der Waals surface area contributed by atoms with Crippen LogP contribution >= 0.6 is 0 Å². The molecule has 47 heavy (non-hydrogen) atoms. The Balaban J connectivity index is 1.25. The van der Waals surface area contributed by atoms with E-state index in [1.54, 1.807) is 0 Å². The Morgan fingerprint density at radius 1 is 0.340 bits per heavy atom. The number of hydrogen-bond donors (Lipinski definition) is 0. The van der Waals surface area contributed by atoms with Crippen LogP contribution in [-0.2, 0) is 0 Å². The molecule has 7 aromatic carbocycles. The second-order valence-corrected chi connectivity index (χ2v) is 13.6. The number of nitrogens with zero attached hydrogens (tertiary/aromatic N) is 3. The number of para-hydroxylation sites is 5.